The first-order valence-corrected chi connectivity index (χ1v) is 8.83. The van der Waals surface area contributed by atoms with Gasteiger partial charge in [-0.05, 0) is 62.6 Å². The van der Waals surface area contributed by atoms with Crippen LogP contribution in [0, 0.1) is 5.92 Å². The smallest absolute Gasteiger partial charge is 0.0459 e. The molecule has 0 radical (unpaired) electrons. The molecule has 1 heterocycles. The van der Waals surface area contributed by atoms with E-state index in [2.05, 4.69) is 23.1 Å². The average Bonchev–Trinajstić information content (AvgIpc) is 3.09. The third-order valence-corrected chi connectivity index (χ3v) is 5.51. The zero-order valence-electron chi connectivity index (χ0n) is 13.0. The summed E-state index contributed by atoms with van der Waals surface area (Å²) in [5.74, 6) is 0.898. The monoisotopic (exact) mass is 306 g/mol. The maximum atomic E-state index is 6.48. The SMILES string of the molecule is CC(N)Cc1ccc(N2CCCC2C2CCCC2)cc1Cl. The van der Waals surface area contributed by atoms with Crippen LogP contribution in [-0.4, -0.2) is 18.6 Å². The molecule has 0 amide bonds. The Kier molecular flexibility index (Phi) is 4.75. The molecular formula is C18H27ClN2. The van der Waals surface area contributed by atoms with Crippen molar-refractivity contribution in [1.82, 2.24) is 0 Å². The van der Waals surface area contributed by atoms with Crippen LogP contribution in [0.5, 0.6) is 0 Å². The van der Waals surface area contributed by atoms with Crippen LogP contribution in [0.3, 0.4) is 0 Å². The standard InChI is InChI=1S/C18H27ClN2/c1-13(20)11-15-8-9-16(12-17(15)19)21-10-4-7-18(21)14-5-2-3-6-14/h8-9,12-14,18H,2-7,10-11,20H2,1H3. The second kappa shape index (κ2) is 6.58. The summed E-state index contributed by atoms with van der Waals surface area (Å²) < 4.78 is 0. The summed E-state index contributed by atoms with van der Waals surface area (Å²) in [7, 11) is 0. The van der Waals surface area contributed by atoms with Crippen LogP contribution in [-0.2, 0) is 6.42 Å². The van der Waals surface area contributed by atoms with Gasteiger partial charge >= 0.3 is 0 Å². The molecule has 3 rings (SSSR count). The van der Waals surface area contributed by atoms with Crippen LogP contribution >= 0.6 is 11.6 Å². The van der Waals surface area contributed by atoms with Crippen molar-refractivity contribution in [2.45, 2.75) is 64.0 Å². The van der Waals surface area contributed by atoms with E-state index in [9.17, 15) is 0 Å². The van der Waals surface area contributed by atoms with Crippen LogP contribution in [0.2, 0.25) is 5.02 Å². The molecule has 1 saturated heterocycles. The number of rotatable bonds is 4. The Hall–Kier alpha value is -0.730. The van der Waals surface area contributed by atoms with Crippen molar-refractivity contribution in [1.29, 1.82) is 0 Å². The molecule has 2 fully saturated rings. The van der Waals surface area contributed by atoms with Gasteiger partial charge in [-0.3, -0.25) is 0 Å². The Balaban J connectivity index is 1.77. The highest BCUT2D eigenvalue weighted by Gasteiger charge is 2.33. The number of nitrogens with two attached hydrogens (primary N) is 1. The molecule has 2 unspecified atom stereocenters. The van der Waals surface area contributed by atoms with Gasteiger partial charge in [0.15, 0.2) is 0 Å². The van der Waals surface area contributed by atoms with E-state index in [1.54, 1.807) is 0 Å². The number of hydrogen-bond acceptors (Lipinski definition) is 2. The first-order chi connectivity index (χ1) is 10.1. The maximum absolute atomic E-state index is 6.48. The minimum atomic E-state index is 0.159. The van der Waals surface area contributed by atoms with E-state index >= 15 is 0 Å². The number of halogens is 1. The lowest BCUT2D eigenvalue weighted by molar-refractivity contribution is 0.431. The second-order valence-electron chi connectivity index (χ2n) is 6.90. The maximum Gasteiger partial charge on any atom is 0.0459 e. The lowest BCUT2D eigenvalue weighted by atomic mass is 9.95. The van der Waals surface area contributed by atoms with Crippen molar-refractivity contribution < 1.29 is 0 Å². The van der Waals surface area contributed by atoms with E-state index in [0.717, 1.165) is 23.4 Å². The minimum absolute atomic E-state index is 0.159. The normalized spacial score (nSPS) is 24.7. The van der Waals surface area contributed by atoms with E-state index in [0.29, 0.717) is 0 Å². The van der Waals surface area contributed by atoms with Crippen LogP contribution in [0.15, 0.2) is 18.2 Å². The molecule has 1 aliphatic heterocycles. The highest BCUT2D eigenvalue weighted by atomic mass is 35.5. The summed E-state index contributed by atoms with van der Waals surface area (Å²) in [6.45, 7) is 3.21. The van der Waals surface area contributed by atoms with Gasteiger partial charge in [0.1, 0.15) is 0 Å². The highest BCUT2D eigenvalue weighted by molar-refractivity contribution is 6.31. The van der Waals surface area contributed by atoms with Crippen molar-refractivity contribution in [2.75, 3.05) is 11.4 Å². The van der Waals surface area contributed by atoms with E-state index < -0.39 is 0 Å². The minimum Gasteiger partial charge on any atom is -0.368 e. The van der Waals surface area contributed by atoms with E-state index in [1.165, 1.54) is 56.3 Å². The van der Waals surface area contributed by atoms with Gasteiger partial charge in [-0.1, -0.05) is 30.5 Å². The van der Waals surface area contributed by atoms with Crippen LogP contribution in [0.1, 0.15) is 51.0 Å². The van der Waals surface area contributed by atoms with Crippen molar-refractivity contribution in [3.8, 4) is 0 Å². The summed E-state index contributed by atoms with van der Waals surface area (Å²) in [4.78, 5) is 2.61. The molecule has 2 nitrogen and oxygen atoms in total. The number of benzene rings is 1. The first kappa shape index (κ1) is 15.2. The fourth-order valence-corrected chi connectivity index (χ4v) is 4.42. The lowest BCUT2D eigenvalue weighted by Crippen LogP contribution is -2.34. The molecule has 0 bridgehead atoms. The van der Waals surface area contributed by atoms with E-state index in [4.69, 9.17) is 17.3 Å². The van der Waals surface area contributed by atoms with Gasteiger partial charge in [0, 0.05) is 29.3 Å². The zero-order valence-corrected chi connectivity index (χ0v) is 13.8. The molecule has 0 spiro atoms. The molecule has 2 aliphatic rings. The van der Waals surface area contributed by atoms with E-state index in [1.807, 2.05) is 6.92 Å². The molecule has 1 aliphatic carbocycles. The molecular weight excluding hydrogens is 280 g/mol. The number of anilines is 1. The molecule has 1 aromatic rings. The summed E-state index contributed by atoms with van der Waals surface area (Å²) >= 11 is 6.48. The third-order valence-electron chi connectivity index (χ3n) is 5.15. The quantitative estimate of drug-likeness (QED) is 0.894. The predicted molar refractivity (Wildman–Crippen MR) is 91.1 cm³/mol. The predicted octanol–water partition coefficient (Wildman–Crippen LogP) is 4.39. The molecule has 0 aromatic heterocycles. The average molecular weight is 307 g/mol. The molecule has 3 heteroatoms. The lowest BCUT2D eigenvalue weighted by Gasteiger charge is -2.31. The van der Waals surface area contributed by atoms with Crippen molar-refractivity contribution >= 4 is 17.3 Å². The van der Waals surface area contributed by atoms with Gasteiger partial charge in [0.2, 0.25) is 0 Å². The molecule has 21 heavy (non-hydrogen) atoms. The Morgan fingerprint density at radius 3 is 2.67 bits per heavy atom. The Bertz CT molecular complexity index is 480. The Morgan fingerprint density at radius 1 is 1.24 bits per heavy atom. The molecule has 2 atom stereocenters. The van der Waals surface area contributed by atoms with Crippen molar-refractivity contribution in [3.05, 3.63) is 28.8 Å². The summed E-state index contributed by atoms with van der Waals surface area (Å²) in [6, 6.07) is 7.48. The molecule has 1 saturated carbocycles. The number of nitrogens with zero attached hydrogens (tertiary/aromatic N) is 1. The highest BCUT2D eigenvalue weighted by Crippen LogP contribution is 2.38. The summed E-state index contributed by atoms with van der Waals surface area (Å²) in [5.41, 5.74) is 8.37. The van der Waals surface area contributed by atoms with Gasteiger partial charge in [0.05, 0.1) is 0 Å². The van der Waals surface area contributed by atoms with Gasteiger partial charge < -0.3 is 10.6 Å². The Labute approximate surface area is 133 Å². The van der Waals surface area contributed by atoms with Crippen molar-refractivity contribution in [2.24, 2.45) is 11.7 Å². The van der Waals surface area contributed by atoms with Gasteiger partial charge in [-0.25, -0.2) is 0 Å². The van der Waals surface area contributed by atoms with Gasteiger partial charge in [-0.2, -0.15) is 0 Å². The van der Waals surface area contributed by atoms with E-state index in [-0.39, 0.29) is 6.04 Å². The molecule has 1 aromatic carbocycles. The fourth-order valence-electron chi connectivity index (χ4n) is 4.17. The van der Waals surface area contributed by atoms with Crippen LogP contribution in [0.4, 0.5) is 5.69 Å². The fraction of sp³-hybridized carbons (Fsp3) is 0.667. The second-order valence-corrected chi connectivity index (χ2v) is 7.31. The summed E-state index contributed by atoms with van der Waals surface area (Å²) in [6.07, 6.45) is 9.19. The van der Waals surface area contributed by atoms with Crippen LogP contribution in [0.25, 0.3) is 0 Å². The number of hydrogen-bond donors (Lipinski definition) is 1. The third kappa shape index (κ3) is 3.37. The topological polar surface area (TPSA) is 29.3 Å². The Morgan fingerprint density at radius 2 is 2.00 bits per heavy atom. The zero-order chi connectivity index (χ0) is 14.8. The van der Waals surface area contributed by atoms with Gasteiger partial charge in [-0.15, -0.1) is 0 Å². The molecule has 2 N–H and O–H groups in total. The molecule has 116 valence electrons. The van der Waals surface area contributed by atoms with Crippen LogP contribution < -0.4 is 10.6 Å². The summed E-state index contributed by atoms with van der Waals surface area (Å²) in [5, 5.41) is 0.877. The van der Waals surface area contributed by atoms with Gasteiger partial charge in [0.25, 0.3) is 0 Å². The van der Waals surface area contributed by atoms with Crippen molar-refractivity contribution in [3.63, 3.8) is 0 Å². The largest absolute Gasteiger partial charge is 0.368 e. The first-order valence-electron chi connectivity index (χ1n) is 8.46.